The van der Waals surface area contributed by atoms with Gasteiger partial charge in [0, 0.05) is 11.8 Å². The first-order valence-corrected chi connectivity index (χ1v) is 7.08. The lowest BCUT2D eigenvalue weighted by Crippen LogP contribution is -1.96. The summed E-state index contributed by atoms with van der Waals surface area (Å²) < 4.78 is 5.50. The zero-order chi connectivity index (χ0) is 14.4. The molecule has 0 fully saturated rings. The standard InChI is InChI=1S/C18H21NO/c1-4-14(16-10-6-7-12-18(16)20-3)15(5-2)17-11-8-9-13-19-17/h6-13H,4-5H2,1-3H3/b15-14+. The number of methoxy groups -OCH3 is 1. The number of nitrogens with zero attached hydrogens (tertiary/aromatic N) is 1. The van der Waals surface area contributed by atoms with E-state index < -0.39 is 0 Å². The molecule has 2 heteroatoms. The van der Waals surface area contributed by atoms with Gasteiger partial charge in [0.25, 0.3) is 0 Å². The maximum atomic E-state index is 5.50. The Balaban J connectivity index is 2.61. The predicted molar refractivity (Wildman–Crippen MR) is 84.6 cm³/mol. The molecule has 0 unspecified atom stereocenters. The Bertz CT molecular complexity index is 587. The van der Waals surface area contributed by atoms with E-state index in [4.69, 9.17) is 4.74 Å². The van der Waals surface area contributed by atoms with Crippen LogP contribution >= 0.6 is 0 Å². The van der Waals surface area contributed by atoms with E-state index in [0.717, 1.165) is 24.3 Å². The first kappa shape index (κ1) is 14.3. The van der Waals surface area contributed by atoms with Crippen molar-refractivity contribution in [3.63, 3.8) is 0 Å². The van der Waals surface area contributed by atoms with Gasteiger partial charge in [-0.15, -0.1) is 0 Å². The molecule has 0 aliphatic rings. The zero-order valence-electron chi connectivity index (χ0n) is 12.4. The molecule has 1 heterocycles. The van der Waals surface area contributed by atoms with Crippen LogP contribution in [0.2, 0.25) is 0 Å². The third-order valence-electron chi connectivity index (χ3n) is 3.48. The van der Waals surface area contributed by atoms with Crippen LogP contribution < -0.4 is 4.74 Å². The first-order valence-electron chi connectivity index (χ1n) is 7.08. The Kier molecular flexibility index (Phi) is 4.94. The maximum Gasteiger partial charge on any atom is 0.126 e. The normalized spacial score (nSPS) is 11.9. The summed E-state index contributed by atoms with van der Waals surface area (Å²) in [5, 5.41) is 0. The molecule has 0 atom stereocenters. The molecule has 0 bridgehead atoms. The van der Waals surface area contributed by atoms with Crippen molar-refractivity contribution < 1.29 is 4.74 Å². The van der Waals surface area contributed by atoms with Gasteiger partial charge in [-0.05, 0) is 42.2 Å². The molecule has 0 amide bonds. The molecule has 0 aliphatic carbocycles. The van der Waals surface area contributed by atoms with Gasteiger partial charge < -0.3 is 4.74 Å². The summed E-state index contributed by atoms with van der Waals surface area (Å²) in [6.07, 6.45) is 3.76. The topological polar surface area (TPSA) is 22.1 Å². The summed E-state index contributed by atoms with van der Waals surface area (Å²) in [5.74, 6) is 0.922. The molecule has 0 saturated carbocycles. The molecule has 1 aromatic heterocycles. The molecule has 2 rings (SSSR count). The molecule has 0 spiro atoms. The molecule has 0 radical (unpaired) electrons. The molecule has 104 valence electrons. The van der Waals surface area contributed by atoms with E-state index in [1.807, 2.05) is 30.5 Å². The smallest absolute Gasteiger partial charge is 0.126 e. The summed E-state index contributed by atoms with van der Waals surface area (Å²) in [4.78, 5) is 4.50. The number of rotatable bonds is 5. The van der Waals surface area contributed by atoms with Gasteiger partial charge in [-0.3, -0.25) is 4.98 Å². The third kappa shape index (κ3) is 2.90. The lowest BCUT2D eigenvalue weighted by Gasteiger charge is -2.15. The largest absolute Gasteiger partial charge is 0.496 e. The van der Waals surface area contributed by atoms with E-state index in [9.17, 15) is 0 Å². The summed E-state index contributed by atoms with van der Waals surface area (Å²) in [6, 6.07) is 14.2. The molecule has 0 saturated heterocycles. The van der Waals surface area contributed by atoms with Gasteiger partial charge in [0.2, 0.25) is 0 Å². The number of para-hydroxylation sites is 1. The average Bonchev–Trinajstić information content (AvgIpc) is 2.53. The van der Waals surface area contributed by atoms with Crippen molar-refractivity contribution >= 4 is 11.1 Å². The SMILES string of the molecule is CC/C(=C(/CC)c1ccccc1OC)c1ccccn1. The lowest BCUT2D eigenvalue weighted by atomic mass is 9.93. The number of aromatic nitrogens is 1. The number of allylic oxidation sites excluding steroid dienone is 2. The Morgan fingerprint density at radius 1 is 0.950 bits per heavy atom. The number of ether oxygens (including phenoxy) is 1. The summed E-state index contributed by atoms with van der Waals surface area (Å²) in [7, 11) is 1.72. The summed E-state index contributed by atoms with van der Waals surface area (Å²) in [5.41, 5.74) is 4.82. The van der Waals surface area contributed by atoms with E-state index in [0.29, 0.717) is 0 Å². The van der Waals surface area contributed by atoms with Crippen LogP contribution in [0.15, 0.2) is 48.7 Å². The van der Waals surface area contributed by atoms with E-state index in [2.05, 4.69) is 37.0 Å². The van der Waals surface area contributed by atoms with Crippen molar-refractivity contribution in [2.24, 2.45) is 0 Å². The van der Waals surface area contributed by atoms with Crippen molar-refractivity contribution in [3.05, 3.63) is 59.9 Å². The summed E-state index contributed by atoms with van der Waals surface area (Å²) in [6.45, 7) is 4.36. The Morgan fingerprint density at radius 3 is 2.25 bits per heavy atom. The van der Waals surface area contributed by atoms with Crippen LogP contribution in [-0.2, 0) is 0 Å². The minimum absolute atomic E-state index is 0.922. The second kappa shape index (κ2) is 6.90. The lowest BCUT2D eigenvalue weighted by molar-refractivity contribution is 0.413. The van der Waals surface area contributed by atoms with E-state index in [-0.39, 0.29) is 0 Å². The number of hydrogen-bond acceptors (Lipinski definition) is 2. The highest BCUT2D eigenvalue weighted by molar-refractivity contribution is 5.91. The van der Waals surface area contributed by atoms with Gasteiger partial charge in [0.15, 0.2) is 0 Å². The Labute approximate surface area is 121 Å². The molecule has 1 aromatic carbocycles. The fraction of sp³-hybridized carbons (Fsp3) is 0.278. The van der Waals surface area contributed by atoms with Gasteiger partial charge in [0.05, 0.1) is 12.8 Å². The van der Waals surface area contributed by atoms with Gasteiger partial charge in [0.1, 0.15) is 5.75 Å². The number of benzene rings is 1. The van der Waals surface area contributed by atoms with E-state index in [1.165, 1.54) is 16.7 Å². The molecule has 0 N–H and O–H groups in total. The van der Waals surface area contributed by atoms with Crippen LogP contribution in [0.1, 0.15) is 37.9 Å². The maximum absolute atomic E-state index is 5.50. The quantitative estimate of drug-likeness (QED) is 0.774. The van der Waals surface area contributed by atoms with Crippen molar-refractivity contribution in [1.29, 1.82) is 0 Å². The van der Waals surface area contributed by atoms with Gasteiger partial charge in [-0.1, -0.05) is 38.1 Å². The van der Waals surface area contributed by atoms with Crippen LogP contribution in [0.4, 0.5) is 0 Å². The van der Waals surface area contributed by atoms with Crippen LogP contribution in [0.5, 0.6) is 5.75 Å². The van der Waals surface area contributed by atoms with Crippen molar-refractivity contribution in [2.75, 3.05) is 7.11 Å². The number of hydrogen-bond donors (Lipinski definition) is 0. The van der Waals surface area contributed by atoms with Crippen molar-refractivity contribution in [2.45, 2.75) is 26.7 Å². The fourth-order valence-corrected chi connectivity index (χ4v) is 2.55. The Morgan fingerprint density at radius 2 is 1.65 bits per heavy atom. The fourth-order valence-electron chi connectivity index (χ4n) is 2.55. The van der Waals surface area contributed by atoms with E-state index >= 15 is 0 Å². The highest BCUT2D eigenvalue weighted by Gasteiger charge is 2.13. The first-order chi connectivity index (χ1) is 9.81. The minimum Gasteiger partial charge on any atom is -0.496 e. The highest BCUT2D eigenvalue weighted by Crippen LogP contribution is 2.34. The molecule has 2 nitrogen and oxygen atoms in total. The molecule has 0 aliphatic heterocycles. The van der Waals surface area contributed by atoms with Gasteiger partial charge >= 0.3 is 0 Å². The monoisotopic (exact) mass is 267 g/mol. The Hall–Kier alpha value is -2.09. The zero-order valence-corrected chi connectivity index (χ0v) is 12.4. The predicted octanol–water partition coefficient (Wildman–Crippen LogP) is 4.82. The minimum atomic E-state index is 0.922. The summed E-state index contributed by atoms with van der Waals surface area (Å²) >= 11 is 0. The van der Waals surface area contributed by atoms with E-state index in [1.54, 1.807) is 7.11 Å². The highest BCUT2D eigenvalue weighted by atomic mass is 16.5. The van der Waals surface area contributed by atoms with Crippen LogP contribution in [0.3, 0.4) is 0 Å². The van der Waals surface area contributed by atoms with Gasteiger partial charge in [-0.2, -0.15) is 0 Å². The molecular formula is C18H21NO. The van der Waals surface area contributed by atoms with Crippen LogP contribution in [0.25, 0.3) is 11.1 Å². The number of pyridine rings is 1. The van der Waals surface area contributed by atoms with Gasteiger partial charge in [-0.25, -0.2) is 0 Å². The van der Waals surface area contributed by atoms with Crippen LogP contribution in [-0.4, -0.2) is 12.1 Å². The average molecular weight is 267 g/mol. The van der Waals surface area contributed by atoms with Crippen molar-refractivity contribution in [1.82, 2.24) is 4.98 Å². The molecule has 20 heavy (non-hydrogen) atoms. The van der Waals surface area contributed by atoms with Crippen LogP contribution in [0, 0.1) is 0 Å². The third-order valence-corrected chi connectivity index (χ3v) is 3.48. The van der Waals surface area contributed by atoms with Crippen molar-refractivity contribution in [3.8, 4) is 5.75 Å². The second-order valence-corrected chi connectivity index (χ2v) is 4.58. The molecular weight excluding hydrogens is 246 g/mol. The second-order valence-electron chi connectivity index (χ2n) is 4.58. The molecule has 2 aromatic rings.